The summed E-state index contributed by atoms with van der Waals surface area (Å²) >= 11 is 10.3. The van der Waals surface area contributed by atoms with Crippen LogP contribution in [0.25, 0.3) is 0 Å². The van der Waals surface area contributed by atoms with Crippen LogP contribution in [0.3, 0.4) is 0 Å². The molecule has 1 aromatic carbocycles. The van der Waals surface area contributed by atoms with Gasteiger partial charge in [0.2, 0.25) is 0 Å². The highest BCUT2D eigenvalue weighted by atomic mass is 32.1. The van der Waals surface area contributed by atoms with E-state index >= 15 is 0 Å². The summed E-state index contributed by atoms with van der Waals surface area (Å²) in [5.41, 5.74) is 8.04. The van der Waals surface area contributed by atoms with Gasteiger partial charge in [0.25, 0.3) is 0 Å². The maximum atomic E-state index is 12.3. The molecular weight excluding hydrogens is 541 g/mol. The summed E-state index contributed by atoms with van der Waals surface area (Å²) < 4.78 is 5.44. The van der Waals surface area contributed by atoms with Crippen LogP contribution in [-0.2, 0) is 4.74 Å². The van der Waals surface area contributed by atoms with Gasteiger partial charge in [0, 0.05) is 12.7 Å². The number of unbranched alkanes of at least 4 members (excludes halogenated alkanes) is 13. The molecule has 4 N–H and O–H groups in total. The van der Waals surface area contributed by atoms with E-state index in [0.717, 1.165) is 18.5 Å². The van der Waals surface area contributed by atoms with Gasteiger partial charge in [0.1, 0.15) is 0 Å². The fraction of sp³-hybridized carbons (Fsp3) is 0.633. The van der Waals surface area contributed by atoms with Gasteiger partial charge in [-0.15, -0.1) is 0 Å². The molecule has 0 aliphatic rings. The zero-order chi connectivity index (χ0) is 29.4. The second-order valence-electron chi connectivity index (χ2n) is 9.96. The summed E-state index contributed by atoms with van der Waals surface area (Å²) in [6.45, 7) is 6.34. The number of benzene rings is 1. The first-order valence-electron chi connectivity index (χ1n) is 14.8. The van der Waals surface area contributed by atoms with Gasteiger partial charge in [-0.05, 0) is 69.0 Å². The Bertz CT molecular complexity index is 935. The third kappa shape index (κ3) is 17.9. The summed E-state index contributed by atoms with van der Waals surface area (Å²) in [6, 6.07) is 7.01. The van der Waals surface area contributed by atoms with Crippen molar-refractivity contribution in [3.05, 3.63) is 29.8 Å². The van der Waals surface area contributed by atoms with E-state index in [-0.39, 0.29) is 5.97 Å². The number of nitrogens with zero attached hydrogens (tertiary/aromatic N) is 2. The predicted molar refractivity (Wildman–Crippen MR) is 177 cm³/mol. The van der Waals surface area contributed by atoms with Crippen LogP contribution in [0.15, 0.2) is 34.5 Å². The molecule has 0 fully saturated rings. The lowest BCUT2D eigenvalue weighted by Gasteiger charge is -2.09. The van der Waals surface area contributed by atoms with Crippen molar-refractivity contribution in [3.8, 4) is 0 Å². The van der Waals surface area contributed by atoms with Crippen LogP contribution >= 0.6 is 24.4 Å². The molecule has 0 bridgehead atoms. The number of carbonyl (C=O) groups excluding carboxylic acids is 1. The average Bonchev–Trinajstić information content (AvgIpc) is 2.96. The van der Waals surface area contributed by atoms with Crippen LogP contribution in [0.4, 0.5) is 5.69 Å². The number of thiocarbonyl (C=S) groups is 2. The van der Waals surface area contributed by atoms with Crippen molar-refractivity contribution in [2.45, 2.75) is 111 Å². The Morgan fingerprint density at radius 1 is 0.725 bits per heavy atom. The summed E-state index contributed by atoms with van der Waals surface area (Å²) in [4.78, 5) is 12.3. The molecular formula is C30H50N6O2S2. The molecule has 1 aromatic rings. The van der Waals surface area contributed by atoms with Crippen LogP contribution in [-0.4, -0.2) is 41.3 Å². The number of ether oxygens (including phenoxy) is 1. The van der Waals surface area contributed by atoms with E-state index in [1.807, 2.05) is 0 Å². The molecule has 1 rings (SSSR count). The van der Waals surface area contributed by atoms with E-state index in [1.54, 1.807) is 45.2 Å². The highest BCUT2D eigenvalue weighted by Crippen LogP contribution is 2.14. The van der Waals surface area contributed by atoms with Gasteiger partial charge in [-0.25, -0.2) is 4.79 Å². The highest BCUT2D eigenvalue weighted by Gasteiger charge is 2.07. The first kappa shape index (κ1) is 35.4. The van der Waals surface area contributed by atoms with Gasteiger partial charge in [-0.2, -0.15) is 10.2 Å². The van der Waals surface area contributed by atoms with Crippen LogP contribution < -0.4 is 21.5 Å². The standard InChI is InChI=1S/C30H50N6O2S2/c1-5-6-7-8-9-10-11-12-13-14-15-16-17-18-23-38-28(37)26-19-21-27(22-20-26)32-30(40)36-34-25(3)24(2)33-35-29(39)31-4/h19-22H,5-18,23H2,1-4H3,(H2,31,35,39)(H2,32,36,40)/b33-24+,34-25+. The number of hydrogen-bond acceptors (Lipinski definition) is 6. The minimum absolute atomic E-state index is 0.303. The van der Waals surface area contributed by atoms with E-state index in [2.05, 4.69) is 38.6 Å². The number of nitrogens with one attached hydrogen (secondary N) is 4. The van der Waals surface area contributed by atoms with Gasteiger partial charge in [0.15, 0.2) is 10.2 Å². The van der Waals surface area contributed by atoms with E-state index in [1.165, 1.54) is 77.0 Å². The SMILES string of the molecule is CCCCCCCCCCCCCCCCOC(=O)c1ccc(NC(=S)N/N=C(C)/C(C)=N/NC(=S)NC)cc1. The number of esters is 1. The minimum Gasteiger partial charge on any atom is -0.462 e. The Morgan fingerprint density at radius 2 is 1.18 bits per heavy atom. The Balaban J connectivity index is 2.16. The van der Waals surface area contributed by atoms with E-state index in [4.69, 9.17) is 29.2 Å². The highest BCUT2D eigenvalue weighted by molar-refractivity contribution is 7.80. The van der Waals surface area contributed by atoms with E-state index in [0.29, 0.717) is 33.8 Å². The number of carbonyl (C=O) groups is 1. The lowest BCUT2D eigenvalue weighted by molar-refractivity contribution is 0.0497. The van der Waals surface area contributed by atoms with Crippen molar-refractivity contribution in [2.24, 2.45) is 10.2 Å². The molecule has 0 aliphatic carbocycles. The molecule has 0 saturated carbocycles. The third-order valence-corrected chi connectivity index (χ3v) is 7.00. The van der Waals surface area contributed by atoms with Gasteiger partial charge in [-0.3, -0.25) is 10.9 Å². The van der Waals surface area contributed by atoms with Crippen LogP contribution in [0, 0.1) is 0 Å². The largest absolute Gasteiger partial charge is 0.462 e. The number of rotatable bonds is 20. The zero-order valence-corrected chi connectivity index (χ0v) is 26.6. The molecule has 8 nitrogen and oxygen atoms in total. The number of hydrazone groups is 2. The average molecular weight is 591 g/mol. The maximum absolute atomic E-state index is 12.3. The Hall–Kier alpha value is -2.59. The smallest absolute Gasteiger partial charge is 0.338 e. The van der Waals surface area contributed by atoms with Crippen LogP contribution in [0.1, 0.15) is 121 Å². The molecule has 0 aliphatic heterocycles. The van der Waals surface area contributed by atoms with Crippen LogP contribution in [0.5, 0.6) is 0 Å². The van der Waals surface area contributed by atoms with Gasteiger partial charge >= 0.3 is 5.97 Å². The Labute approximate surface area is 252 Å². The predicted octanol–water partition coefficient (Wildman–Crippen LogP) is 7.46. The fourth-order valence-electron chi connectivity index (χ4n) is 3.88. The van der Waals surface area contributed by atoms with Crippen LogP contribution in [0.2, 0.25) is 0 Å². The lowest BCUT2D eigenvalue weighted by Crippen LogP contribution is -2.30. The topological polar surface area (TPSA) is 99.1 Å². The lowest BCUT2D eigenvalue weighted by atomic mass is 10.0. The first-order chi connectivity index (χ1) is 19.4. The second-order valence-corrected chi connectivity index (χ2v) is 10.8. The maximum Gasteiger partial charge on any atom is 0.338 e. The molecule has 10 heteroatoms. The molecule has 0 spiro atoms. The van der Waals surface area contributed by atoms with Gasteiger partial charge < -0.3 is 15.4 Å². The molecule has 0 aromatic heterocycles. The molecule has 224 valence electrons. The van der Waals surface area contributed by atoms with E-state index < -0.39 is 0 Å². The molecule has 0 radical (unpaired) electrons. The fourth-order valence-corrected chi connectivity index (χ4v) is 4.09. The zero-order valence-electron chi connectivity index (χ0n) is 24.9. The van der Waals surface area contributed by atoms with Crippen molar-refractivity contribution in [2.75, 3.05) is 19.0 Å². The Morgan fingerprint density at radius 3 is 1.65 bits per heavy atom. The summed E-state index contributed by atoms with van der Waals surface area (Å²) in [5, 5.41) is 14.9. The molecule has 0 amide bonds. The molecule has 0 atom stereocenters. The monoisotopic (exact) mass is 590 g/mol. The van der Waals surface area contributed by atoms with Crippen molar-refractivity contribution < 1.29 is 9.53 Å². The second kappa shape index (κ2) is 23.1. The summed E-state index contributed by atoms with van der Waals surface area (Å²) in [6.07, 6.45) is 18.3. The summed E-state index contributed by atoms with van der Waals surface area (Å²) in [5.74, 6) is -0.303. The van der Waals surface area contributed by atoms with Gasteiger partial charge in [0.05, 0.1) is 23.6 Å². The third-order valence-electron chi connectivity index (χ3n) is 6.51. The Kier molecular flexibility index (Phi) is 20.5. The van der Waals surface area contributed by atoms with E-state index in [9.17, 15) is 4.79 Å². The molecule has 0 unspecified atom stereocenters. The first-order valence-corrected chi connectivity index (χ1v) is 15.6. The number of anilines is 1. The van der Waals surface area contributed by atoms with Gasteiger partial charge in [-0.1, -0.05) is 90.4 Å². The normalized spacial score (nSPS) is 11.6. The van der Waals surface area contributed by atoms with Crippen molar-refractivity contribution in [1.82, 2.24) is 16.2 Å². The number of hydrogen-bond donors (Lipinski definition) is 4. The molecule has 0 saturated heterocycles. The molecule has 40 heavy (non-hydrogen) atoms. The van der Waals surface area contributed by atoms with Crippen molar-refractivity contribution >= 4 is 57.7 Å². The minimum atomic E-state index is -0.303. The van der Waals surface area contributed by atoms with Crippen molar-refractivity contribution in [1.29, 1.82) is 0 Å². The quantitative estimate of drug-likeness (QED) is 0.0408. The molecule has 0 heterocycles. The van der Waals surface area contributed by atoms with Crippen molar-refractivity contribution in [3.63, 3.8) is 0 Å². The summed E-state index contributed by atoms with van der Waals surface area (Å²) in [7, 11) is 1.71.